The largest absolute Gasteiger partial charge is 0.435 e. The Morgan fingerprint density at radius 3 is 2.36 bits per heavy atom. The van der Waals surface area contributed by atoms with Crippen molar-refractivity contribution in [3.05, 3.63) is 28.8 Å². The van der Waals surface area contributed by atoms with Crippen LogP contribution in [-0.4, -0.2) is 6.61 Å². The van der Waals surface area contributed by atoms with Crippen LogP contribution < -0.4 is 4.74 Å². The van der Waals surface area contributed by atoms with E-state index in [-0.39, 0.29) is 11.7 Å². The van der Waals surface area contributed by atoms with Gasteiger partial charge in [0.25, 0.3) is 0 Å². The Kier molecular flexibility index (Phi) is 3.69. The summed E-state index contributed by atoms with van der Waals surface area (Å²) >= 11 is 5.75. The number of ether oxygens (including phenoxy) is 1. The first-order valence-corrected chi connectivity index (χ1v) is 4.62. The Labute approximate surface area is 86.6 Å². The number of rotatable bonds is 3. The summed E-state index contributed by atoms with van der Waals surface area (Å²) in [5.41, 5.74) is 0.883. The summed E-state index contributed by atoms with van der Waals surface area (Å²) in [4.78, 5) is 0. The summed E-state index contributed by atoms with van der Waals surface area (Å²) in [7, 11) is 0. The lowest BCUT2D eigenvalue weighted by atomic mass is 10.0. The highest BCUT2D eigenvalue weighted by atomic mass is 35.5. The van der Waals surface area contributed by atoms with Crippen LogP contribution in [0.4, 0.5) is 8.78 Å². The molecule has 1 nitrogen and oxygen atoms in total. The molecule has 0 bridgehead atoms. The van der Waals surface area contributed by atoms with Gasteiger partial charge in [0, 0.05) is 5.02 Å². The summed E-state index contributed by atoms with van der Waals surface area (Å²) < 4.78 is 28.1. The highest BCUT2D eigenvalue weighted by Crippen LogP contribution is 2.26. The first-order valence-electron chi connectivity index (χ1n) is 4.24. The van der Waals surface area contributed by atoms with Crippen LogP contribution in [-0.2, 0) is 0 Å². The number of hydrogen-bond donors (Lipinski definition) is 0. The number of benzene rings is 1. The smallest absolute Gasteiger partial charge is 0.387 e. The van der Waals surface area contributed by atoms with Gasteiger partial charge in [0.05, 0.1) is 0 Å². The molecular weight excluding hydrogens is 210 g/mol. The molecule has 0 spiro atoms. The fraction of sp³-hybridized carbons (Fsp3) is 0.400. The molecule has 0 unspecified atom stereocenters. The number of halogens is 3. The van der Waals surface area contributed by atoms with Gasteiger partial charge in [-0.1, -0.05) is 25.4 Å². The molecule has 78 valence electrons. The second-order valence-corrected chi connectivity index (χ2v) is 3.69. The fourth-order valence-electron chi connectivity index (χ4n) is 1.09. The molecule has 0 amide bonds. The van der Waals surface area contributed by atoms with E-state index in [1.165, 1.54) is 6.07 Å². The quantitative estimate of drug-likeness (QED) is 0.746. The molecule has 0 aromatic heterocycles. The van der Waals surface area contributed by atoms with Crippen LogP contribution in [0.2, 0.25) is 5.02 Å². The average molecular weight is 221 g/mol. The molecule has 0 radical (unpaired) electrons. The lowest BCUT2D eigenvalue weighted by molar-refractivity contribution is -0.0498. The molecule has 0 saturated heterocycles. The molecular formula is C10H11ClF2O. The van der Waals surface area contributed by atoms with Crippen LogP contribution in [0.15, 0.2) is 18.2 Å². The highest BCUT2D eigenvalue weighted by Gasteiger charge is 2.08. The van der Waals surface area contributed by atoms with Gasteiger partial charge in [0.2, 0.25) is 0 Å². The van der Waals surface area contributed by atoms with E-state index in [9.17, 15) is 8.78 Å². The second kappa shape index (κ2) is 4.60. The van der Waals surface area contributed by atoms with E-state index < -0.39 is 6.61 Å². The third kappa shape index (κ3) is 3.14. The summed E-state index contributed by atoms with van der Waals surface area (Å²) in [6.07, 6.45) is 0. The van der Waals surface area contributed by atoms with Crippen LogP contribution in [0.1, 0.15) is 25.3 Å². The van der Waals surface area contributed by atoms with Crippen LogP contribution in [0.3, 0.4) is 0 Å². The lowest BCUT2D eigenvalue weighted by Crippen LogP contribution is -2.02. The monoisotopic (exact) mass is 220 g/mol. The van der Waals surface area contributed by atoms with Gasteiger partial charge >= 0.3 is 6.61 Å². The third-order valence-corrected chi connectivity index (χ3v) is 2.00. The summed E-state index contributed by atoms with van der Waals surface area (Å²) in [6.45, 7) is 1.10. The molecule has 0 fully saturated rings. The first-order chi connectivity index (χ1) is 6.49. The molecule has 0 saturated carbocycles. The maximum atomic E-state index is 11.9. The third-order valence-electron chi connectivity index (χ3n) is 1.79. The predicted molar refractivity (Wildman–Crippen MR) is 52.2 cm³/mol. The summed E-state index contributed by atoms with van der Waals surface area (Å²) in [5.74, 6) is 0.338. The average Bonchev–Trinajstić information content (AvgIpc) is 2.01. The van der Waals surface area contributed by atoms with Crippen LogP contribution in [0.25, 0.3) is 0 Å². The predicted octanol–water partition coefficient (Wildman–Crippen LogP) is 4.06. The molecule has 1 aromatic rings. The van der Waals surface area contributed by atoms with Gasteiger partial charge in [-0.25, -0.2) is 0 Å². The van der Waals surface area contributed by atoms with E-state index in [1.807, 2.05) is 13.8 Å². The van der Waals surface area contributed by atoms with Crippen LogP contribution in [0, 0.1) is 0 Å². The van der Waals surface area contributed by atoms with E-state index in [4.69, 9.17) is 11.6 Å². The molecule has 4 heteroatoms. The SMILES string of the molecule is CC(C)c1cc(Cl)cc(OC(F)F)c1. The van der Waals surface area contributed by atoms with Gasteiger partial charge in [-0.2, -0.15) is 8.78 Å². The van der Waals surface area contributed by atoms with Crippen molar-refractivity contribution >= 4 is 11.6 Å². The number of alkyl halides is 2. The fourth-order valence-corrected chi connectivity index (χ4v) is 1.32. The van der Waals surface area contributed by atoms with Crippen molar-refractivity contribution in [3.8, 4) is 5.75 Å². The van der Waals surface area contributed by atoms with Crippen LogP contribution in [0.5, 0.6) is 5.75 Å². The normalized spacial score (nSPS) is 11.1. The van der Waals surface area contributed by atoms with E-state index in [0.717, 1.165) is 5.56 Å². The minimum absolute atomic E-state index is 0.108. The van der Waals surface area contributed by atoms with Crippen molar-refractivity contribution in [2.24, 2.45) is 0 Å². The maximum absolute atomic E-state index is 11.9. The minimum atomic E-state index is -2.81. The zero-order valence-corrected chi connectivity index (χ0v) is 8.68. The van der Waals surface area contributed by atoms with Crippen molar-refractivity contribution in [1.29, 1.82) is 0 Å². The van der Waals surface area contributed by atoms with E-state index in [2.05, 4.69) is 4.74 Å². The Hall–Kier alpha value is -0.830. The van der Waals surface area contributed by atoms with E-state index in [1.54, 1.807) is 12.1 Å². The van der Waals surface area contributed by atoms with Gasteiger partial charge in [-0.3, -0.25) is 0 Å². The molecule has 1 rings (SSSR count). The second-order valence-electron chi connectivity index (χ2n) is 3.25. The number of hydrogen-bond acceptors (Lipinski definition) is 1. The topological polar surface area (TPSA) is 9.23 Å². The van der Waals surface area contributed by atoms with Crippen molar-refractivity contribution in [2.45, 2.75) is 26.4 Å². The molecule has 0 aliphatic heterocycles. The van der Waals surface area contributed by atoms with Crippen molar-refractivity contribution in [3.63, 3.8) is 0 Å². The zero-order chi connectivity index (χ0) is 10.7. The Morgan fingerprint density at radius 2 is 1.86 bits per heavy atom. The van der Waals surface area contributed by atoms with Crippen LogP contribution >= 0.6 is 11.6 Å². The molecule has 1 aromatic carbocycles. The molecule has 0 aliphatic carbocycles. The lowest BCUT2D eigenvalue weighted by Gasteiger charge is -2.10. The summed E-state index contributed by atoms with van der Waals surface area (Å²) in [5, 5.41) is 0.409. The van der Waals surface area contributed by atoms with Gasteiger partial charge in [0.15, 0.2) is 0 Å². The van der Waals surface area contributed by atoms with Gasteiger partial charge < -0.3 is 4.74 Å². The molecule has 0 atom stereocenters. The van der Waals surface area contributed by atoms with Gasteiger partial charge in [0.1, 0.15) is 5.75 Å². The Balaban J connectivity index is 2.95. The van der Waals surface area contributed by atoms with Crippen molar-refractivity contribution in [1.82, 2.24) is 0 Å². The van der Waals surface area contributed by atoms with Crippen molar-refractivity contribution < 1.29 is 13.5 Å². The zero-order valence-electron chi connectivity index (χ0n) is 7.93. The first kappa shape index (κ1) is 11.2. The van der Waals surface area contributed by atoms with Crippen molar-refractivity contribution in [2.75, 3.05) is 0 Å². The highest BCUT2D eigenvalue weighted by molar-refractivity contribution is 6.30. The molecule has 14 heavy (non-hydrogen) atoms. The van der Waals surface area contributed by atoms with E-state index in [0.29, 0.717) is 5.02 Å². The maximum Gasteiger partial charge on any atom is 0.387 e. The molecule has 0 aliphatic rings. The van der Waals surface area contributed by atoms with E-state index >= 15 is 0 Å². The molecule has 0 heterocycles. The standard InChI is InChI=1S/C10H11ClF2O/c1-6(2)7-3-8(11)5-9(4-7)14-10(12)13/h3-6,10H,1-2H3. The molecule has 0 N–H and O–H groups in total. The Bertz CT molecular complexity index is 313. The summed E-state index contributed by atoms with van der Waals surface area (Å²) in [6, 6.07) is 4.69. The Morgan fingerprint density at radius 1 is 1.21 bits per heavy atom. The van der Waals surface area contributed by atoms with Gasteiger partial charge in [-0.05, 0) is 29.7 Å². The minimum Gasteiger partial charge on any atom is -0.435 e. The van der Waals surface area contributed by atoms with Gasteiger partial charge in [-0.15, -0.1) is 0 Å².